The van der Waals surface area contributed by atoms with E-state index in [2.05, 4.69) is 20.1 Å². The molecule has 1 aromatic rings. The van der Waals surface area contributed by atoms with Crippen LogP contribution in [0.3, 0.4) is 0 Å². The van der Waals surface area contributed by atoms with Crippen molar-refractivity contribution >= 4 is 0 Å². The van der Waals surface area contributed by atoms with Crippen molar-refractivity contribution in [3.8, 4) is 0 Å². The third-order valence-corrected chi connectivity index (χ3v) is 4.31. The summed E-state index contributed by atoms with van der Waals surface area (Å²) in [5.74, 6) is -0.914. The fraction of sp³-hybridized carbons (Fsp3) is 0.625. The Hall–Kier alpha value is -2.32. The summed E-state index contributed by atoms with van der Waals surface area (Å²) in [5.41, 5.74) is 17.3. The van der Waals surface area contributed by atoms with E-state index in [9.17, 15) is 0 Å². The first kappa shape index (κ1) is 18.5. The monoisotopic (exact) mass is 360 g/mol. The highest BCUT2D eigenvalue weighted by Gasteiger charge is 2.66. The van der Waals surface area contributed by atoms with Crippen molar-refractivity contribution in [2.45, 2.75) is 50.3 Å². The molecule has 0 saturated carbocycles. The van der Waals surface area contributed by atoms with E-state index in [0.717, 1.165) is 5.56 Å². The zero-order valence-electron chi connectivity index (χ0n) is 14.6. The highest BCUT2D eigenvalue weighted by molar-refractivity contribution is 5.14. The van der Waals surface area contributed by atoms with Gasteiger partial charge in [0.2, 0.25) is 0 Å². The topological polar surface area (TPSA) is 134 Å². The van der Waals surface area contributed by atoms with Crippen molar-refractivity contribution < 1.29 is 18.9 Å². The zero-order valence-corrected chi connectivity index (χ0v) is 14.6. The van der Waals surface area contributed by atoms with Crippen LogP contribution in [0, 0.1) is 0 Å². The molecule has 4 atom stereocenters. The maximum atomic E-state index is 8.79. The molecular weight excluding hydrogens is 340 g/mol. The molecular formula is C16H20N6O4. The van der Waals surface area contributed by atoms with Gasteiger partial charge in [-0.3, -0.25) is 0 Å². The summed E-state index contributed by atoms with van der Waals surface area (Å²) in [4.78, 5) is 5.62. The predicted molar refractivity (Wildman–Crippen MR) is 90.7 cm³/mol. The van der Waals surface area contributed by atoms with E-state index in [4.69, 9.17) is 30.0 Å². The minimum Gasteiger partial charge on any atom is -0.345 e. The maximum absolute atomic E-state index is 8.79. The molecule has 1 aromatic carbocycles. The molecule has 10 heteroatoms. The van der Waals surface area contributed by atoms with Crippen molar-refractivity contribution in [1.82, 2.24) is 0 Å². The van der Waals surface area contributed by atoms with E-state index in [1.807, 2.05) is 30.3 Å². The van der Waals surface area contributed by atoms with E-state index < -0.39 is 29.9 Å². The quantitative estimate of drug-likeness (QED) is 0.418. The van der Waals surface area contributed by atoms with Crippen molar-refractivity contribution in [1.29, 1.82) is 0 Å². The summed E-state index contributed by atoms with van der Waals surface area (Å²) in [6.07, 6.45) is -1.99. The molecule has 0 aliphatic carbocycles. The molecule has 2 fully saturated rings. The Morgan fingerprint density at radius 3 is 2.58 bits per heavy atom. The highest BCUT2D eigenvalue weighted by atomic mass is 16.8. The summed E-state index contributed by atoms with van der Waals surface area (Å²) in [6, 6.07) is 9.60. The van der Waals surface area contributed by atoms with Gasteiger partial charge in [0.1, 0.15) is 6.10 Å². The minimum absolute atomic E-state index is 0.0240. The van der Waals surface area contributed by atoms with Crippen molar-refractivity contribution in [3.05, 3.63) is 56.8 Å². The van der Waals surface area contributed by atoms with Gasteiger partial charge in [-0.15, -0.1) is 0 Å². The van der Waals surface area contributed by atoms with Gasteiger partial charge in [0, 0.05) is 9.82 Å². The molecule has 2 aliphatic rings. The zero-order chi connectivity index (χ0) is 18.6. The number of benzene rings is 1. The van der Waals surface area contributed by atoms with Crippen LogP contribution in [0.15, 0.2) is 40.6 Å². The molecule has 0 radical (unpaired) electrons. The van der Waals surface area contributed by atoms with Crippen LogP contribution in [0.2, 0.25) is 0 Å². The Labute approximate surface area is 150 Å². The average molecular weight is 360 g/mol. The second-order valence-corrected chi connectivity index (χ2v) is 6.60. The van der Waals surface area contributed by atoms with Crippen LogP contribution in [-0.4, -0.2) is 43.0 Å². The van der Waals surface area contributed by atoms with Gasteiger partial charge >= 0.3 is 0 Å². The summed E-state index contributed by atoms with van der Waals surface area (Å²) in [7, 11) is 0. The van der Waals surface area contributed by atoms with Crippen LogP contribution in [0.5, 0.6) is 0 Å². The summed E-state index contributed by atoms with van der Waals surface area (Å²) >= 11 is 0. The van der Waals surface area contributed by atoms with Gasteiger partial charge in [0.05, 0.1) is 25.8 Å². The molecule has 0 unspecified atom stereocenters. The smallest absolute Gasteiger partial charge is 0.190 e. The van der Waals surface area contributed by atoms with Gasteiger partial charge in [0.25, 0.3) is 0 Å². The molecule has 10 nitrogen and oxygen atoms in total. The molecule has 0 aromatic heterocycles. The molecule has 0 N–H and O–H groups in total. The SMILES string of the molecule is CC1(C)O[C@@H]2[C@@H](CN=[N+]=[N-])O[C@@H](OCc3ccccc3)[C@]2(CN=[N+]=[N-])O1. The molecule has 138 valence electrons. The standard InChI is InChI=1S/C16H20N6O4/c1-15(2)25-13-12(8-19-21-17)24-14(16(13,26-15)10-20-22-18)23-9-11-6-4-3-5-7-11/h3-7,12-14H,8-10H2,1-2H3/t12-,13-,14-,16-/m1/s1. The second kappa shape index (κ2) is 7.51. The molecule has 2 heterocycles. The van der Waals surface area contributed by atoms with Crippen LogP contribution < -0.4 is 0 Å². The number of hydrogen-bond donors (Lipinski definition) is 0. The van der Waals surface area contributed by atoms with E-state index >= 15 is 0 Å². The van der Waals surface area contributed by atoms with E-state index in [0.29, 0.717) is 0 Å². The fourth-order valence-corrected chi connectivity index (χ4v) is 3.38. The molecule has 2 saturated heterocycles. The van der Waals surface area contributed by atoms with Crippen LogP contribution in [-0.2, 0) is 25.6 Å². The van der Waals surface area contributed by atoms with Gasteiger partial charge in [0.15, 0.2) is 17.7 Å². The Morgan fingerprint density at radius 1 is 1.15 bits per heavy atom. The Kier molecular flexibility index (Phi) is 5.33. The van der Waals surface area contributed by atoms with Crippen molar-refractivity contribution in [2.75, 3.05) is 13.1 Å². The van der Waals surface area contributed by atoms with Gasteiger partial charge in [-0.25, -0.2) is 0 Å². The summed E-state index contributed by atoms with van der Waals surface area (Å²) < 4.78 is 24.0. The molecule has 0 spiro atoms. The Bertz CT molecular complexity index is 732. The van der Waals surface area contributed by atoms with E-state index in [1.165, 1.54) is 0 Å². The first-order valence-corrected chi connectivity index (χ1v) is 8.21. The number of nitrogens with zero attached hydrogens (tertiary/aromatic N) is 6. The number of hydrogen-bond acceptors (Lipinski definition) is 6. The lowest BCUT2D eigenvalue weighted by Gasteiger charge is -2.31. The van der Waals surface area contributed by atoms with E-state index in [1.54, 1.807) is 13.8 Å². The normalized spacial score (nSPS) is 31.7. The van der Waals surface area contributed by atoms with Crippen LogP contribution in [0.25, 0.3) is 20.9 Å². The van der Waals surface area contributed by atoms with Crippen molar-refractivity contribution in [3.63, 3.8) is 0 Å². The maximum Gasteiger partial charge on any atom is 0.190 e. The van der Waals surface area contributed by atoms with Crippen LogP contribution >= 0.6 is 0 Å². The summed E-state index contributed by atoms with van der Waals surface area (Å²) in [6.45, 7) is 3.85. The lowest BCUT2D eigenvalue weighted by Crippen LogP contribution is -2.50. The first-order valence-electron chi connectivity index (χ1n) is 8.21. The van der Waals surface area contributed by atoms with Crippen LogP contribution in [0.4, 0.5) is 0 Å². The Balaban J connectivity index is 1.86. The van der Waals surface area contributed by atoms with Crippen molar-refractivity contribution in [2.24, 2.45) is 10.2 Å². The first-order chi connectivity index (χ1) is 12.5. The molecule has 2 aliphatic heterocycles. The number of fused-ring (bicyclic) bond motifs is 1. The van der Waals surface area contributed by atoms with Gasteiger partial charge in [-0.2, -0.15) is 0 Å². The number of ether oxygens (including phenoxy) is 4. The lowest BCUT2D eigenvalue weighted by molar-refractivity contribution is -0.259. The second-order valence-electron chi connectivity index (χ2n) is 6.60. The highest BCUT2D eigenvalue weighted by Crippen LogP contribution is 2.47. The molecule has 26 heavy (non-hydrogen) atoms. The number of rotatable bonds is 7. The van der Waals surface area contributed by atoms with Gasteiger partial charge in [-0.1, -0.05) is 40.6 Å². The van der Waals surface area contributed by atoms with Gasteiger partial charge < -0.3 is 18.9 Å². The lowest BCUT2D eigenvalue weighted by atomic mass is 9.95. The predicted octanol–water partition coefficient (Wildman–Crippen LogP) is 3.44. The third kappa shape index (κ3) is 3.61. The number of azide groups is 2. The summed E-state index contributed by atoms with van der Waals surface area (Å²) in [5, 5.41) is 7.27. The Morgan fingerprint density at radius 2 is 1.88 bits per heavy atom. The minimum atomic E-state index is -1.11. The molecule has 0 bridgehead atoms. The third-order valence-electron chi connectivity index (χ3n) is 4.31. The largest absolute Gasteiger partial charge is 0.345 e. The molecule has 3 rings (SSSR count). The average Bonchev–Trinajstić information content (AvgIpc) is 3.05. The molecule has 0 amide bonds. The van der Waals surface area contributed by atoms with E-state index in [-0.39, 0.29) is 19.7 Å². The van der Waals surface area contributed by atoms with Gasteiger partial charge in [-0.05, 0) is 30.5 Å². The van der Waals surface area contributed by atoms with Crippen LogP contribution in [0.1, 0.15) is 19.4 Å². The fourth-order valence-electron chi connectivity index (χ4n) is 3.38.